The first-order chi connectivity index (χ1) is 14.6. The lowest BCUT2D eigenvalue weighted by Crippen LogP contribution is -2.43. The average molecular weight is 468 g/mol. The molecule has 1 saturated heterocycles. The molecule has 0 aliphatic carbocycles. The number of hydrogen-bond donors (Lipinski definition) is 1. The molecule has 2 aromatic heterocycles. The van der Waals surface area contributed by atoms with Crippen LogP contribution in [0.15, 0.2) is 65.8 Å². The van der Waals surface area contributed by atoms with Crippen LogP contribution in [0.4, 0.5) is 5.82 Å². The van der Waals surface area contributed by atoms with Gasteiger partial charge in [-0.1, -0.05) is 12.1 Å². The van der Waals surface area contributed by atoms with Gasteiger partial charge in [0.05, 0.1) is 12.2 Å². The molecule has 154 valence electrons. The minimum atomic E-state index is -0.242. The Balaban J connectivity index is 1.36. The Bertz CT molecular complexity index is 1000. The van der Waals surface area contributed by atoms with E-state index in [1.54, 1.807) is 29.7 Å². The van der Waals surface area contributed by atoms with Crippen LogP contribution >= 0.6 is 15.9 Å². The Morgan fingerprint density at radius 1 is 1.17 bits per heavy atom. The number of benzene rings is 1. The highest BCUT2D eigenvalue weighted by Gasteiger charge is 2.29. The van der Waals surface area contributed by atoms with Gasteiger partial charge in [0.1, 0.15) is 5.82 Å². The zero-order valence-corrected chi connectivity index (χ0v) is 18.0. The van der Waals surface area contributed by atoms with Crippen molar-refractivity contribution in [1.29, 1.82) is 0 Å². The van der Waals surface area contributed by atoms with E-state index in [2.05, 4.69) is 31.2 Å². The first-order valence-electron chi connectivity index (χ1n) is 9.85. The summed E-state index contributed by atoms with van der Waals surface area (Å²) in [6.07, 6.45) is 8.62. The summed E-state index contributed by atoms with van der Waals surface area (Å²) in [5.41, 5.74) is 1.74. The van der Waals surface area contributed by atoms with Crippen molar-refractivity contribution >= 4 is 33.6 Å². The van der Waals surface area contributed by atoms with Crippen LogP contribution in [0, 0.1) is 5.92 Å². The second-order valence-electron chi connectivity index (χ2n) is 7.37. The number of halogens is 1. The molecule has 1 aliphatic rings. The summed E-state index contributed by atoms with van der Waals surface area (Å²) < 4.78 is 2.83. The van der Waals surface area contributed by atoms with Crippen molar-refractivity contribution in [1.82, 2.24) is 19.4 Å². The predicted molar refractivity (Wildman–Crippen MR) is 117 cm³/mol. The summed E-state index contributed by atoms with van der Waals surface area (Å²) in [7, 11) is 0. The number of carbonyl (C=O) groups excluding carboxylic acids is 2. The number of rotatable bonds is 5. The molecule has 1 N–H and O–H groups in total. The Labute approximate surface area is 183 Å². The molecule has 0 bridgehead atoms. The van der Waals surface area contributed by atoms with Crippen LogP contribution in [-0.4, -0.2) is 44.3 Å². The molecule has 1 fully saturated rings. The van der Waals surface area contributed by atoms with Crippen LogP contribution in [0.3, 0.4) is 0 Å². The lowest BCUT2D eigenvalue weighted by Gasteiger charge is -2.32. The number of hydrogen-bond acceptors (Lipinski definition) is 4. The molecule has 1 atom stereocenters. The van der Waals surface area contributed by atoms with E-state index in [9.17, 15) is 9.59 Å². The first kappa shape index (κ1) is 20.3. The van der Waals surface area contributed by atoms with Crippen molar-refractivity contribution in [3.63, 3.8) is 0 Å². The largest absolute Gasteiger partial charge is 0.338 e. The number of nitrogens with zero attached hydrogens (tertiary/aromatic N) is 4. The van der Waals surface area contributed by atoms with Gasteiger partial charge < -0.3 is 14.8 Å². The first-order valence-corrected chi connectivity index (χ1v) is 10.6. The quantitative estimate of drug-likeness (QED) is 0.621. The Hall–Kier alpha value is -3.00. The van der Waals surface area contributed by atoms with Crippen LogP contribution in [0.1, 0.15) is 28.8 Å². The van der Waals surface area contributed by atoms with Gasteiger partial charge in [-0.3, -0.25) is 9.59 Å². The number of aromatic nitrogens is 3. The maximum atomic E-state index is 13.0. The van der Waals surface area contributed by atoms with Crippen molar-refractivity contribution < 1.29 is 9.59 Å². The highest BCUT2D eigenvalue weighted by molar-refractivity contribution is 9.10. The van der Waals surface area contributed by atoms with Gasteiger partial charge in [0.25, 0.3) is 5.91 Å². The van der Waals surface area contributed by atoms with Gasteiger partial charge in [0.2, 0.25) is 5.91 Å². The van der Waals surface area contributed by atoms with Crippen LogP contribution < -0.4 is 5.32 Å². The molecule has 1 aromatic carbocycles. The number of pyridine rings is 1. The van der Waals surface area contributed by atoms with Gasteiger partial charge in [0.15, 0.2) is 0 Å². The monoisotopic (exact) mass is 467 g/mol. The third kappa shape index (κ3) is 4.94. The topological polar surface area (TPSA) is 80.1 Å². The maximum Gasteiger partial charge on any atom is 0.253 e. The zero-order valence-electron chi connectivity index (χ0n) is 16.4. The lowest BCUT2D eigenvalue weighted by atomic mass is 9.96. The van der Waals surface area contributed by atoms with Crippen molar-refractivity contribution in [3.05, 3.63) is 76.9 Å². The van der Waals surface area contributed by atoms with Crippen LogP contribution in [-0.2, 0) is 11.3 Å². The number of likely N-dealkylation sites (tertiary alicyclic amines) is 1. The fourth-order valence-corrected chi connectivity index (χ4v) is 3.81. The molecule has 1 unspecified atom stereocenters. The highest BCUT2D eigenvalue weighted by atomic mass is 79.9. The molecule has 0 spiro atoms. The van der Waals surface area contributed by atoms with E-state index >= 15 is 0 Å². The summed E-state index contributed by atoms with van der Waals surface area (Å²) >= 11 is 3.33. The number of amides is 2. The van der Waals surface area contributed by atoms with E-state index in [1.165, 1.54) is 0 Å². The second kappa shape index (κ2) is 9.21. The molecular weight excluding hydrogens is 446 g/mol. The molecule has 1 aliphatic heterocycles. The maximum absolute atomic E-state index is 13.0. The van der Waals surface area contributed by atoms with E-state index in [4.69, 9.17) is 0 Å². The fraction of sp³-hybridized carbons (Fsp3) is 0.273. The number of piperidine rings is 1. The van der Waals surface area contributed by atoms with Gasteiger partial charge in [-0.25, -0.2) is 9.97 Å². The molecule has 7 nitrogen and oxygen atoms in total. The number of carbonyl (C=O) groups is 2. The van der Waals surface area contributed by atoms with Gasteiger partial charge in [-0.05, 0) is 58.6 Å². The van der Waals surface area contributed by atoms with Gasteiger partial charge in [-0.2, -0.15) is 0 Å². The van der Waals surface area contributed by atoms with Crippen LogP contribution in [0.2, 0.25) is 0 Å². The Kier molecular flexibility index (Phi) is 6.23. The van der Waals surface area contributed by atoms with Gasteiger partial charge in [-0.15, -0.1) is 0 Å². The third-order valence-electron chi connectivity index (χ3n) is 5.18. The van der Waals surface area contributed by atoms with Crippen LogP contribution in [0.5, 0.6) is 0 Å². The SMILES string of the molecule is O=C(Nc1ccc(Br)cn1)C1CCCN(C(=O)c2ccc(Cn3ccnc3)cc2)C1. The summed E-state index contributed by atoms with van der Waals surface area (Å²) in [4.78, 5) is 35.6. The van der Waals surface area contributed by atoms with E-state index in [0.717, 1.165) is 22.9 Å². The number of nitrogens with one attached hydrogen (secondary N) is 1. The summed E-state index contributed by atoms with van der Waals surface area (Å²) in [6.45, 7) is 1.79. The van der Waals surface area contributed by atoms with Gasteiger partial charge >= 0.3 is 0 Å². The van der Waals surface area contributed by atoms with Gasteiger partial charge in [0, 0.05) is 48.3 Å². The lowest BCUT2D eigenvalue weighted by molar-refractivity contribution is -0.121. The molecule has 4 rings (SSSR count). The summed E-state index contributed by atoms with van der Waals surface area (Å²) in [5.74, 6) is 0.134. The second-order valence-corrected chi connectivity index (χ2v) is 8.29. The Morgan fingerprint density at radius 3 is 2.70 bits per heavy atom. The normalized spacial score (nSPS) is 16.3. The van der Waals surface area contributed by atoms with E-state index in [1.807, 2.05) is 41.1 Å². The smallest absolute Gasteiger partial charge is 0.253 e. The molecule has 0 saturated carbocycles. The molecule has 8 heteroatoms. The minimum absolute atomic E-state index is 0.0385. The predicted octanol–water partition coefficient (Wildman–Crippen LogP) is 3.58. The molecule has 2 amide bonds. The van der Waals surface area contributed by atoms with E-state index in [-0.39, 0.29) is 17.7 Å². The minimum Gasteiger partial charge on any atom is -0.338 e. The number of anilines is 1. The van der Waals surface area contributed by atoms with Crippen molar-refractivity contribution in [2.24, 2.45) is 5.92 Å². The molecule has 3 aromatic rings. The fourth-order valence-electron chi connectivity index (χ4n) is 3.58. The Morgan fingerprint density at radius 2 is 2.00 bits per heavy atom. The summed E-state index contributed by atoms with van der Waals surface area (Å²) in [6, 6.07) is 11.2. The van der Waals surface area contributed by atoms with Crippen LogP contribution in [0.25, 0.3) is 0 Å². The standard InChI is InChI=1S/C22H22BrN5O2/c23-19-7-8-20(25-12-19)26-21(29)18-2-1-10-28(14-18)22(30)17-5-3-16(4-6-17)13-27-11-9-24-15-27/h3-9,11-12,15,18H,1-2,10,13-14H2,(H,25,26,29). The highest BCUT2D eigenvalue weighted by Crippen LogP contribution is 2.21. The molecular formula is C22H22BrN5O2. The van der Waals surface area contributed by atoms with E-state index in [0.29, 0.717) is 31.0 Å². The average Bonchev–Trinajstić information content (AvgIpc) is 3.28. The van der Waals surface area contributed by atoms with Crippen molar-refractivity contribution in [2.75, 3.05) is 18.4 Å². The molecule has 0 radical (unpaired) electrons. The van der Waals surface area contributed by atoms with Crippen molar-refractivity contribution in [3.8, 4) is 0 Å². The number of imidazole rings is 1. The zero-order chi connectivity index (χ0) is 20.9. The molecule has 30 heavy (non-hydrogen) atoms. The third-order valence-corrected chi connectivity index (χ3v) is 5.65. The van der Waals surface area contributed by atoms with E-state index < -0.39 is 0 Å². The summed E-state index contributed by atoms with van der Waals surface area (Å²) in [5, 5.41) is 2.85. The van der Waals surface area contributed by atoms with Crippen molar-refractivity contribution in [2.45, 2.75) is 19.4 Å². The molecule has 3 heterocycles.